The number of Topliss-reactive ketones (excluding diaryl/α,β-unsaturated/α-hetero) is 1. The van der Waals surface area contributed by atoms with Crippen LogP contribution in [0.5, 0.6) is 11.5 Å². The monoisotopic (exact) mass is 461 g/mol. The van der Waals surface area contributed by atoms with Crippen molar-refractivity contribution in [2.45, 2.75) is 32.0 Å². The van der Waals surface area contributed by atoms with Crippen molar-refractivity contribution in [2.24, 2.45) is 0 Å². The van der Waals surface area contributed by atoms with Gasteiger partial charge in [0.25, 0.3) is 5.22 Å². The summed E-state index contributed by atoms with van der Waals surface area (Å²) in [7, 11) is 0. The number of fused-ring (bicyclic) bond motifs is 1. The first kappa shape index (κ1) is 21.3. The molecule has 4 aromatic rings. The summed E-state index contributed by atoms with van der Waals surface area (Å²) in [4.78, 5) is 13.0. The van der Waals surface area contributed by atoms with E-state index in [1.165, 1.54) is 17.3 Å². The van der Waals surface area contributed by atoms with Crippen LogP contribution in [0.2, 0.25) is 0 Å². The van der Waals surface area contributed by atoms with Crippen LogP contribution in [0.3, 0.4) is 0 Å². The summed E-state index contributed by atoms with van der Waals surface area (Å²) < 4.78 is 18.7. The fourth-order valence-corrected chi connectivity index (χ4v) is 4.80. The van der Waals surface area contributed by atoms with Crippen molar-refractivity contribution in [3.05, 3.63) is 77.1 Å². The highest BCUT2D eigenvalue weighted by Crippen LogP contribution is 2.36. The van der Waals surface area contributed by atoms with Crippen LogP contribution in [0.4, 0.5) is 0 Å². The Balaban J connectivity index is 1.28. The lowest BCUT2D eigenvalue weighted by Crippen LogP contribution is -2.11. The number of nitrogens with zero attached hydrogens (tertiary/aromatic N) is 3. The van der Waals surface area contributed by atoms with E-state index >= 15 is 0 Å². The molecule has 0 radical (unpaired) electrons. The third-order valence-corrected chi connectivity index (χ3v) is 6.63. The number of aromatic nitrogens is 3. The number of carbonyl (C=O) groups excluding carboxylic acids is 1. The van der Waals surface area contributed by atoms with E-state index in [1.54, 1.807) is 6.07 Å². The van der Waals surface area contributed by atoms with Crippen molar-refractivity contribution in [1.82, 2.24) is 14.8 Å². The van der Waals surface area contributed by atoms with E-state index in [1.807, 2.05) is 50.2 Å². The van der Waals surface area contributed by atoms with Crippen molar-refractivity contribution < 1.29 is 18.7 Å². The van der Waals surface area contributed by atoms with Crippen LogP contribution >= 0.6 is 11.8 Å². The van der Waals surface area contributed by atoms with Gasteiger partial charge in [-0.05, 0) is 50.6 Å². The zero-order chi connectivity index (χ0) is 22.9. The second-order valence-electron chi connectivity index (χ2n) is 7.89. The number of thioether (sulfide) groups is 1. The second-order valence-corrected chi connectivity index (χ2v) is 8.82. The average Bonchev–Trinajstić information content (AvgIpc) is 3.56. The van der Waals surface area contributed by atoms with Gasteiger partial charge >= 0.3 is 0 Å². The van der Waals surface area contributed by atoms with Crippen molar-refractivity contribution in [3.8, 4) is 23.0 Å². The molecule has 2 aromatic carbocycles. The van der Waals surface area contributed by atoms with E-state index < -0.39 is 0 Å². The number of ketones is 1. The van der Waals surface area contributed by atoms with Gasteiger partial charge in [-0.3, -0.25) is 4.79 Å². The van der Waals surface area contributed by atoms with Crippen molar-refractivity contribution in [2.75, 3.05) is 12.5 Å². The second kappa shape index (κ2) is 8.78. The Bertz CT molecular complexity index is 1310. The SMILES string of the molecule is Cc1cc(C(=O)CSc2nnc(-c3ccc4c(c3)OCO4)o2)c(C)n1C(C)c1ccccc1. The molecule has 1 atom stereocenters. The Morgan fingerprint density at radius 1 is 1.06 bits per heavy atom. The Morgan fingerprint density at radius 2 is 1.85 bits per heavy atom. The van der Waals surface area contributed by atoms with E-state index in [-0.39, 0.29) is 24.4 Å². The molecule has 5 rings (SSSR count). The van der Waals surface area contributed by atoms with Crippen LogP contribution in [-0.4, -0.2) is 33.1 Å². The Labute approximate surface area is 195 Å². The predicted molar refractivity (Wildman–Crippen MR) is 125 cm³/mol. The van der Waals surface area contributed by atoms with Crippen LogP contribution in [0.1, 0.15) is 40.3 Å². The van der Waals surface area contributed by atoms with Gasteiger partial charge in [0.15, 0.2) is 17.3 Å². The molecule has 7 nitrogen and oxygen atoms in total. The van der Waals surface area contributed by atoms with Crippen LogP contribution in [0.15, 0.2) is 64.2 Å². The zero-order valence-electron chi connectivity index (χ0n) is 18.6. The standard InChI is InChI=1S/C25H23N3O4S/c1-15-11-20(17(3)28(15)16(2)18-7-5-4-6-8-18)21(29)13-33-25-27-26-24(32-25)19-9-10-22-23(12-19)31-14-30-22/h4-12,16H,13-14H2,1-3H3. The average molecular weight is 462 g/mol. The maximum Gasteiger partial charge on any atom is 0.277 e. The number of hydrogen-bond acceptors (Lipinski definition) is 7. The molecule has 0 amide bonds. The molecule has 1 unspecified atom stereocenters. The molecule has 0 N–H and O–H groups in total. The first-order chi connectivity index (χ1) is 16.0. The van der Waals surface area contributed by atoms with E-state index in [2.05, 4.69) is 33.8 Å². The van der Waals surface area contributed by atoms with Crippen LogP contribution in [0.25, 0.3) is 11.5 Å². The van der Waals surface area contributed by atoms with Gasteiger partial charge in [-0.25, -0.2) is 0 Å². The van der Waals surface area contributed by atoms with Gasteiger partial charge in [-0.1, -0.05) is 42.1 Å². The maximum absolute atomic E-state index is 13.0. The van der Waals surface area contributed by atoms with Gasteiger partial charge in [0, 0.05) is 22.5 Å². The van der Waals surface area contributed by atoms with E-state index in [4.69, 9.17) is 13.9 Å². The third kappa shape index (κ3) is 4.14. The first-order valence-corrected chi connectivity index (χ1v) is 11.6. The molecule has 33 heavy (non-hydrogen) atoms. The molecule has 2 aromatic heterocycles. The summed E-state index contributed by atoms with van der Waals surface area (Å²) in [6.07, 6.45) is 0. The predicted octanol–water partition coefficient (Wildman–Crippen LogP) is 5.47. The fourth-order valence-electron chi connectivity index (χ4n) is 4.16. The summed E-state index contributed by atoms with van der Waals surface area (Å²) in [5.74, 6) is 1.96. The number of benzene rings is 2. The molecule has 0 fully saturated rings. The molecule has 1 aliphatic rings. The van der Waals surface area contributed by atoms with E-state index in [9.17, 15) is 4.79 Å². The maximum atomic E-state index is 13.0. The van der Waals surface area contributed by atoms with Gasteiger partial charge in [0.1, 0.15) is 0 Å². The molecule has 0 saturated carbocycles. The van der Waals surface area contributed by atoms with Gasteiger partial charge in [-0.2, -0.15) is 0 Å². The molecule has 3 heterocycles. The van der Waals surface area contributed by atoms with Crippen LogP contribution in [-0.2, 0) is 0 Å². The quantitative estimate of drug-likeness (QED) is 0.267. The molecule has 0 aliphatic carbocycles. The summed E-state index contributed by atoms with van der Waals surface area (Å²) >= 11 is 1.24. The molecule has 0 spiro atoms. The Kier molecular flexibility index (Phi) is 5.68. The summed E-state index contributed by atoms with van der Waals surface area (Å²) in [5, 5.41) is 8.54. The van der Waals surface area contributed by atoms with Crippen LogP contribution < -0.4 is 9.47 Å². The lowest BCUT2D eigenvalue weighted by atomic mass is 10.1. The topological polar surface area (TPSA) is 79.4 Å². The largest absolute Gasteiger partial charge is 0.454 e. The Morgan fingerprint density at radius 3 is 2.67 bits per heavy atom. The molecule has 0 saturated heterocycles. The summed E-state index contributed by atoms with van der Waals surface area (Å²) in [6.45, 7) is 6.38. The lowest BCUT2D eigenvalue weighted by Gasteiger charge is -2.19. The van der Waals surface area contributed by atoms with Crippen molar-refractivity contribution in [3.63, 3.8) is 0 Å². The minimum atomic E-state index is 0.0300. The van der Waals surface area contributed by atoms with E-state index in [0.717, 1.165) is 22.5 Å². The van der Waals surface area contributed by atoms with E-state index in [0.29, 0.717) is 22.6 Å². The van der Waals surface area contributed by atoms with Gasteiger partial charge in [-0.15, -0.1) is 10.2 Å². The zero-order valence-corrected chi connectivity index (χ0v) is 19.4. The molecule has 1 aliphatic heterocycles. The minimum Gasteiger partial charge on any atom is -0.454 e. The molecular formula is C25H23N3O4S. The molecule has 8 heteroatoms. The Hall–Kier alpha value is -3.52. The number of ether oxygens (including phenoxy) is 2. The highest BCUT2D eigenvalue weighted by molar-refractivity contribution is 7.99. The smallest absolute Gasteiger partial charge is 0.277 e. The normalized spacial score (nSPS) is 13.3. The number of carbonyl (C=O) groups is 1. The lowest BCUT2D eigenvalue weighted by molar-refractivity contribution is 0.102. The summed E-state index contributed by atoms with van der Waals surface area (Å²) in [5.41, 5.74) is 4.68. The molecular weight excluding hydrogens is 438 g/mol. The van der Waals surface area contributed by atoms with Gasteiger partial charge < -0.3 is 18.5 Å². The fraction of sp³-hybridized carbons (Fsp3) is 0.240. The highest BCUT2D eigenvalue weighted by Gasteiger charge is 2.21. The molecule has 0 bridgehead atoms. The van der Waals surface area contributed by atoms with Gasteiger partial charge in [0.05, 0.1) is 11.8 Å². The summed E-state index contributed by atoms with van der Waals surface area (Å²) in [6, 6.07) is 17.8. The minimum absolute atomic E-state index is 0.0300. The number of aryl methyl sites for hydroxylation is 1. The van der Waals surface area contributed by atoms with Crippen LogP contribution in [0, 0.1) is 13.8 Å². The third-order valence-electron chi connectivity index (χ3n) is 5.81. The van der Waals surface area contributed by atoms with Gasteiger partial charge in [0.2, 0.25) is 12.7 Å². The highest BCUT2D eigenvalue weighted by atomic mass is 32.2. The number of hydrogen-bond donors (Lipinski definition) is 0. The van der Waals surface area contributed by atoms with Crippen molar-refractivity contribution >= 4 is 17.5 Å². The molecule has 168 valence electrons. The van der Waals surface area contributed by atoms with Crippen molar-refractivity contribution in [1.29, 1.82) is 0 Å². The number of rotatable bonds is 7. The first-order valence-electron chi connectivity index (χ1n) is 10.6.